The maximum atomic E-state index is 11.9. The molecule has 8 nitrogen and oxygen atoms in total. The van der Waals surface area contributed by atoms with E-state index in [0.29, 0.717) is 14.6 Å². The van der Waals surface area contributed by atoms with Gasteiger partial charge in [0.15, 0.2) is 6.61 Å². The van der Waals surface area contributed by atoms with Gasteiger partial charge in [0, 0.05) is 8.95 Å². The molecule has 11 heteroatoms. The third kappa shape index (κ3) is 5.14. The van der Waals surface area contributed by atoms with Gasteiger partial charge in [0.25, 0.3) is 15.9 Å². The molecule has 0 unspecified atom stereocenters. The van der Waals surface area contributed by atoms with Crippen LogP contribution in [0.2, 0.25) is 0 Å². The summed E-state index contributed by atoms with van der Waals surface area (Å²) in [5.74, 6) is -1.96. The fourth-order valence-electron chi connectivity index (χ4n) is 1.78. The summed E-state index contributed by atoms with van der Waals surface area (Å²) in [6, 6.07) is 5.73. The molecule has 0 radical (unpaired) electrons. The molecule has 0 bridgehead atoms. The van der Waals surface area contributed by atoms with Crippen molar-refractivity contribution in [1.29, 1.82) is 0 Å². The van der Waals surface area contributed by atoms with Crippen molar-refractivity contribution in [2.45, 2.75) is 12.0 Å². The number of carbonyl (C=O) groups excluding carboxylic acids is 2. The number of hydrogen-bond acceptors (Lipinski definition) is 6. The Morgan fingerprint density at radius 3 is 2.36 bits per heavy atom. The highest BCUT2D eigenvalue weighted by atomic mass is 79.9. The lowest BCUT2D eigenvalue weighted by Gasteiger charge is -2.10. The zero-order valence-electron chi connectivity index (χ0n) is 12.7. The smallest absolute Gasteiger partial charge is 0.374 e. The van der Waals surface area contributed by atoms with Crippen LogP contribution in [0.15, 0.2) is 42.7 Å². The molecule has 0 fully saturated rings. The second-order valence-electron chi connectivity index (χ2n) is 4.89. The molecule has 0 saturated heterocycles. The van der Waals surface area contributed by atoms with Crippen molar-refractivity contribution < 1.29 is 27.2 Å². The maximum Gasteiger partial charge on any atom is 0.374 e. The molecule has 2 rings (SSSR count). The van der Waals surface area contributed by atoms with E-state index >= 15 is 0 Å². The largest absolute Gasteiger partial charge is 0.450 e. The Labute approximate surface area is 160 Å². The number of sulfonamides is 1. The van der Waals surface area contributed by atoms with Gasteiger partial charge < -0.3 is 14.5 Å². The second-order valence-corrected chi connectivity index (χ2v) is 8.09. The number of nitrogens with two attached hydrogens (primary N) is 1. The highest BCUT2D eigenvalue weighted by Crippen LogP contribution is 2.32. The highest BCUT2D eigenvalue weighted by Gasteiger charge is 2.19. The topological polar surface area (TPSA) is 129 Å². The van der Waals surface area contributed by atoms with E-state index in [4.69, 9.17) is 14.3 Å². The molecule has 0 saturated carbocycles. The van der Waals surface area contributed by atoms with Gasteiger partial charge in [-0.1, -0.05) is 0 Å². The number of amides is 1. The Morgan fingerprint density at radius 2 is 1.84 bits per heavy atom. The van der Waals surface area contributed by atoms with Crippen LogP contribution in [0.25, 0.3) is 0 Å². The summed E-state index contributed by atoms with van der Waals surface area (Å²) in [4.78, 5) is 23.7. The molecule has 0 aliphatic heterocycles. The van der Waals surface area contributed by atoms with Gasteiger partial charge in [-0.25, -0.2) is 18.4 Å². The SMILES string of the molecule is Cc1cc(Br)c(NC(=O)COC(=O)c2ccc(S(N)(=O)=O)o2)c(Br)c1. The number of ether oxygens (including phenoxy) is 1. The average molecular weight is 496 g/mol. The first-order valence-corrected chi connectivity index (χ1v) is 9.76. The fraction of sp³-hybridized carbons (Fsp3) is 0.143. The number of furan rings is 1. The zero-order valence-corrected chi connectivity index (χ0v) is 16.7. The van der Waals surface area contributed by atoms with Crippen LogP contribution in [0.4, 0.5) is 5.69 Å². The van der Waals surface area contributed by atoms with Crippen LogP contribution in [0, 0.1) is 6.92 Å². The van der Waals surface area contributed by atoms with Crippen LogP contribution in [0.1, 0.15) is 16.1 Å². The molecular weight excluding hydrogens is 484 g/mol. The van der Waals surface area contributed by atoms with E-state index in [0.717, 1.165) is 17.7 Å². The van der Waals surface area contributed by atoms with Crippen LogP contribution < -0.4 is 10.5 Å². The molecule has 134 valence electrons. The Balaban J connectivity index is 1.98. The zero-order chi connectivity index (χ0) is 18.8. The van der Waals surface area contributed by atoms with Gasteiger partial charge in [0.2, 0.25) is 10.9 Å². The van der Waals surface area contributed by atoms with E-state index in [9.17, 15) is 18.0 Å². The number of nitrogens with one attached hydrogen (secondary N) is 1. The number of rotatable bonds is 5. The Bertz CT molecular complexity index is 916. The van der Waals surface area contributed by atoms with Crippen molar-refractivity contribution in [2.24, 2.45) is 5.14 Å². The standard InChI is InChI=1S/C14H12Br2N2O6S/c1-7-4-8(15)13(9(16)5-7)18-11(19)6-23-14(20)10-2-3-12(24-10)25(17,21)22/h2-5H,6H2,1H3,(H,18,19)(H2,17,21,22). The maximum absolute atomic E-state index is 11.9. The van der Waals surface area contributed by atoms with Gasteiger partial charge >= 0.3 is 5.97 Å². The molecule has 0 atom stereocenters. The van der Waals surface area contributed by atoms with E-state index < -0.39 is 33.6 Å². The predicted octanol–water partition coefficient (Wildman–Crippen LogP) is 2.56. The number of carbonyl (C=O) groups is 2. The van der Waals surface area contributed by atoms with Crippen LogP contribution in [0.3, 0.4) is 0 Å². The number of primary sulfonamides is 1. The first kappa shape index (κ1) is 19.6. The minimum Gasteiger partial charge on any atom is -0.450 e. The predicted molar refractivity (Wildman–Crippen MR) is 95.6 cm³/mol. The van der Waals surface area contributed by atoms with Gasteiger partial charge in [0.1, 0.15) is 0 Å². The van der Waals surface area contributed by atoms with Gasteiger partial charge in [-0.3, -0.25) is 4.79 Å². The summed E-state index contributed by atoms with van der Waals surface area (Å²) >= 11 is 6.66. The molecule has 1 aromatic carbocycles. The molecular formula is C14H12Br2N2O6S. The lowest BCUT2D eigenvalue weighted by molar-refractivity contribution is -0.119. The molecule has 3 N–H and O–H groups in total. The van der Waals surface area contributed by atoms with Crippen molar-refractivity contribution in [2.75, 3.05) is 11.9 Å². The van der Waals surface area contributed by atoms with Crippen molar-refractivity contribution in [3.8, 4) is 0 Å². The molecule has 1 aromatic heterocycles. The molecule has 0 aliphatic rings. The van der Waals surface area contributed by atoms with E-state index in [1.165, 1.54) is 0 Å². The van der Waals surface area contributed by atoms with Crippen LogP contribution in [-0.4, -0.2) is 26.9 Å². The first-order valence-electron chi connectivity index (χ1n) is 6.63. The van der Waals surface area contributed by atoms with E-state index in [1.54, 1.807) is 0 Å². The van der Waals surface area contributed by atoms with Crippen molar-refractivity contribution in [3.63, 3.8) is 0 Å². The van der Waals surface area contributed by atoms with Gasteiger partial charge in [-0.05, 0) is 68.6 Å². The minimum absolute atomic E-state index is 0.380. The monoisotopic (exact) mass is 494 g/mol. The summed E-state index contributed by atoms with van der Waals surface area (Å²) in [5.41, 5.74) is 1.47. The number of halogens is 2. The van der Waals surface area contributed by atoms with E-state index in [2.05, 4.69) is 37.2 Å². The number of anilines is 1. The molecule has 1 amide bonds. The Hall–Kier alpha value is -1.69. The molecule has 1 heterocycles. The van der Waals surface area contributed by atoms with Gasteiger partial charge in [-0.15, -0.1) is 0 Å². The number of hydrogen-bond donors (Lipinski definition) is 2. The van der Waals surface area contributed by atoms with Crippen LogP contribution >= 0.6 is 31.9 Å². The third-order valence-corrected chi connectivity index (χ3v) is 4.88. The molecule has 25 heavy (non-hydrogen) atoms. The summed E-state index contributed by atoms with van der Waals surface area (Å²) < 4.78 is 33.0. The van der Waals surface area contributed by atoms with E-state index in [1.807, 2.05) is 19.1 Å². The fourth-order valence-corrected chi connectivity index (χ4v) is 3.86. The lowest BCUT2D eigenvalue weighted by Crippen LogP contribution is -2.21. The van der Waals surface area contributed by atoms with Crippen LogP contribution in [0.5, 0.6) is 0 Å². The average Bonchev–Trinajstić information content (AvgIpc) is 2.98. The highest BCUT2D eigenvalue weighted by molar-refractivity contribution is 9.11. The lowest BCUT2D eigenvalue weighted by atomic mass is 10.2. The Kier molecular flexibility index (Phi) is 6.03. The summed E-state index contributed by atoms with van der Waals surface area (Å²) in [6.45, 7) is 1.30. The van der Waals surface area contributed by atoms with Crippen LogP contribution in [-0.2, 0) is 19.6 Å². The summed E-state index contributed by atoms with van der Waals surface area (Å²) in [7, 11) is -4.06. The number of aryl methyl sites for hydroxylation is 1. The van der Waals surface area contributed by atoms with Crippen molar-refractivity contribution >= 4 is 59.4 Å². The normalized spacial score (nSPS) is 11.2. The second kappa shape index (κ2) is 7.68. The first-order chi connectivity index (χ1) is 11.6. The summed E-state index contributed by atoms with van der Waals surface area (Å²) in [5, 5.41) is 6.88. The van der Waals surface area contributed by atoms with Gasteiger partial charge in [0.05, 0.1) is 5.69 Å². The molecule has 0 spiro atoms. The minimum atomic E-state index is -4.06. The van der Waals surface area contributed by atoms with Crippen molar-refractivity contribution in [3.05, 3.63) is 44.5 Å². The number of benzene rings is 1. The number of esters is 1. The molecule has 2 aromatic rings. The van der Waals surface area contributed by atoms with Gasteiger partial charge in [-0.2, -0.15) is 0 Å². The quantitative estimate of drug-likeness (QED) is 0.613. The third-order valence-electron chi connectivity index (χ3n) is 2.85. The molecule has 0 aliphatic carbocycles. The van der Waals surface area contributed by atoms with Crippen molar-refractivity contribution in [1.82, 2.24) is 0 Å². The van der Waals surface area contributed by atoms with E-state index in [-0.39, 0.29) is 5.76 Å². The summed E-state index contributed by atoms with van der Waals surface area (Å²) in [6.07, 6.45) is 0. The Morgan fingerprint density at radius 1 is 1.24 bits per heavy atom.